The molecule has 0 heterocycles. The molecule has 0 saturated carbocycles. The third-order valence-corrected chi connectivity index (χ3v) is 1.42. The van der Waals surface area contributed by atoms with Gasteiger partial charge >= 0.3 is 0 Å². The van der Waals surface area contributed by atoms with Gasteiger partial charge in [0.05, 0.1) is 5.69 Å². The number of ketones is 1. The number of para-hydroxylation sites is 1. The van der Waals surface area contributed by atoms with Crippen LogP contribution in [0, 0.1) is 0 Å². The fourth-order valence-corrected chi connectivity index (χ4v) is 0.879. The van der Waals surface area contributed by atoms with Crippen molar-refractivity contribution in [1.82, 2.24) is 0 Å². The Labute approximate surface area is 64.6 Å². The minimum Gasteiger partial charge on any atom is -0.294 e. The minimum atomic E-state index is -0.107. The predicted octanol–water partition coefficient (Wildman–Crippen LogP) is 1.65. The summed E-state index contributed by atoms with van der Waals surface area (Å²) in [6.07, 6.45) is 0. The van der Waals surface area contributed by atoms with Crippen LogP contribution in [0.15, 0.2) is 24.3 Å². The number of carbonyl (C=O) groups is 1. The number of hydrogen-bond acceptors (Lipinski definition) is 2. The highest BCUT2D eigenvalue weighted by molar-refractivity contribution is 5.99. The average Bonchev–Trinajstić information content (AvgIpc) is 2.04. The molecule has 0 aromatic heterocycles. The highest BCUT2D eigenvalue weighted by Gasteiger charge is 2.03. The highest BCUT2D eigenvalue weighted by Crippen LogP contribution is 2.13. The molecule has 11 heavy (non-hydrogen) atoms. The molecule has 0 unspecified atom stereocenters. The molecule has 1 radical (unpaired) electrons. The molecule has 0 fully saturated rings. The smallest absolute Gasteiger partial charge is 0.161 e. The monoisotopic (exact) mass is 150 g/mol. The maximum atomic E-state index is 10.8. The fourth-order valence-electron chi connectivity index (χ4n) is 0.879. The maximum Gasteiger partial charge on any atom is 0.161 e. The van der Waals surface area contributed by atoms with Gasteiger partial charge in [-0.1, -0.05) is 17.3 Å². The molecular weight excluding hydrogens is 142 g/mol. The van der Waals surface area contributed by atoms with E-state index in [4.69, 9.17) is 0 Å². The summed E-state index contributed by atoms with van der Waals surface area (Å²) in [5.41, 5.74) is 2.47. The van der Waals surface area contributed by atoms with E-state index < -0.39 is 0 Å². The van der Waals surface area contributed by atoms with Gasteiger partial charge in [-0.3, -0.25) is 4.79 Å². The first kappa shape index (κ1) is 7.75. The fraction of sp³-hybridized carbons (Fsp3) is 0.125. The second kappa shape index (κ2) is 3.16. The molecule has 0 saturated heterocycles. The molecule has 3 nitrogen and oxygen atoms in total. The highest BCUT2D eigenvalue weighted by atomic mass is 16.5. The van der Waals surface area contributed by atoms with Crippen LogP contribution in [0.3, 0.4) is 0 Å². The van der Waals surface area contributed by atoms with Crippen molar-refractivity contribution in [3.8, 4) is 0 Å². The molecule has 0 aliphatic rings. The Morgan fingerprint density at radius 2 is 2.00 bits per heavy atom. The summed E-state index contributed by atoms with van der Waals surface area (Å²) in [5, 5.41) is 10.3. The van der Waals surface area contributed by atoms with Gasteiger partial charge in [-0.05, 0) is 19.1 Å². The lowest BCUT2D eigenvalue weighted by Gasteiger charge is -2.00. The van der Waals surface area contributed by atoms with E-state index in [0.29, 0.717) is 11.3 Å². The molecule has 1 aromatic rings. The van der Waals surface area contributed by atoms with Crippen LogP contribution in [-0.4, -0.2) is 5.78 Å². The number of benzene rings is 1. The molecule has 1 N–H and O–H groups in total. The van der Waals surface area contributed by atoms with Crippen molar-refractivity contribution < 1.29 is 10.0 Å². The summed E-state index contributed by atoms with van der Waals surface area (Å²) < 4.78 is 0. The average molecular weight is 150 g/mol. The van der Waals surface area contributed by atoms with Gasteiger partial charge in [-0.15, -0.1) is 0 Å². The van der Waals surface area contributed by atoms with E-state index >= 15 is 0 Å². The van der Waals surface area contributed by atoms with E-state index in [1.54, 1.807) is 29.7 Å². The van der Waals surface area contributed by atoms with Gasteiger partial charge in [0, 0.05) is 5.56 Å². The van der Waals surface area contributed by atoms with Gasteiger partial charge in [-0.25, -0.2) is 5.48 Å². The second-order valence-corrected chi connectivity index (χ2v) is 2.20. The standard InChI is InChI=1S/C8H8NO2/c1-6(10)7-4-2-3-5-8(7)9-11/h2-5,9H,1H3. The van der Waals surface area contributed by atoms with Crippen molar-refractivity contribution >= 4 is 11.5 Å². The first-order valence-corrected chi connectivity index (χ1v) is 3.24. The summed E-state index contributed by atoms with van der Waals surface area (Å²) in [5.74, 6) is -0.107. The van der Waals surface area contributed by atoms with Crippen LogP contribution in [0.2, 0.25) is 0 Å². The SMILES string of the molecule is CC(=O)c1ccccc1N[O]. The Morgan fingerprint density at radius 3 is 2.45 bits per heavy atom. The van der Waals surface area contributed by atoms with Crippen LogP contribution in [0.5, 0.6) is 0 Å². The van der Waals surface area contributed by atoms with E-state index in [1.807, 2.05) is 0 Å². The Kier molecular flexibility index (Phi) is 2.23. The Balaban J connectivity index is 3.12. The molecule has 1 rings (SSSR count). The summed E-state index contributed by atoms with van der Waals surface area (Å²) in [4.78, 5) is 10.8. The zero-order chi connectivity index (χ0) is 8.27. The Bertz CT molecular complexity index is 271. The van der Waals surface area contributed by atoms with Gasteiger partial charge in [0.25, 0.3) is 0 Å². The molecule has 1 aromatic carbocycles. The molecule has 0 aliphatic carbocycles. The van der Waals surface area contributed by atoms with Crippen molar-refractivity contribution in [3.63, 3.8) is 0 Å². The summed E-state index contributed by atoms with van der Waals surface area (Å²) in [6, 6.07) is 6.61. The van der Waals surface area contributed by atoms with Crippen LogP contribution in [-0.2, 0) is 5.21 Å². The number of anilines is 1. The number of rotatable bonds is 2. The molecular formula is C8H8NO2. The maximum absolute atomic E-state index is 10.8. The Hall–Kier alpha value is -1.35. The van der Waals surface area contributed by atoms with Gasteiger partial charge < -0.3 is 0 Å². The van der Waals surface area contributed by atoms with Crippen LogP contribution >= 0.6 is 0 Å². The largest absolute Gasteiger partial charge is 0.294 e. The molecule has 0 aliphatic heterocycles. The summed E-state index contributed by atoms with van der Waals surface area (Å²) >= 11 is 0. The lowest BCUT2D eigenvalue weighted by molar-refractivity contribution is 0.101. The van der Waals surface area contributed by atoms with Crippen molar-refractivity contribution in [2.45, 2.75) is 6.92 Å². The molecule has 0 atom stereocenters. The third-order valence-electron chi connectivity index (χ3n) is 1.42. The van der Waals surface area contributed by atoms with Crippen molar-refractivity contribution in [2.24, 2.45) is 0 Å². The van der Waals surface area contributed by atoms with E-state index in [9.17, 15) is 10.0 Å². The van der Waals surface area contributed by atoms with Crippen LogP contribution in [0.25, 0.3) is 0 Å². The lowest BCUT2D eigenvalue weighted by atomic mass is 10.1. The van der Waals surface area contributed by atoms with Gasteiger partial charge in [0.15, 0.2) is 5.78 Å². The third kappa shape index (κ3) is 1.56. The van der Waals surface area contributed by atoms with Crippen LogP contribution < -0.4 is 5.48 Å². The zero-order valence-electron chi connectivity index (χ0n) is 6.13. The summed E-state index contributed by atoms with van der Waals surface area (Å²) in [6.45, 7) is 1.43. The first-order chi connectivity index (χ1) is 5.25. The van der Waals surface area contributed by atoms with E-state index in [0.717, 1.165) is 0 Å². The minimum absolute atomic E-state index is 0.107. The van der Waals surface area contributed by atoms with E-state index in [1.165, 1.54) is 6.92 Å². The van der Waals surface area contributed by atoms with Gasteiger partial charge in [0.1, 0.15) is 0 Å². The van der Waals surface area contributed by atoms with Crippen LogP contribution in [0.4, 0.5) is 5.69 Å². The second-order valence-electron chi connectivity index (χ2n) is 2.20. The van der Waals surface area contributed by atoms with Gasteiger partial charge in [0.2, 0.25) is 0 Å². The predicted molar refractivity (Wildman–Crippen MR) is 40.8 cm³/mol. The van der Waals surface area contributed by atoms with Crippen molar-refractivity contribution in [1.29, 1.82) is 0 Å². The van der Waals surface area contributed by atoms with Crippen molar-refractivity contribution in [2.75, 3.05) is 5.48 Å². The molecule has 0 amide bonds. The number of carbonyl (C=O) groups excluding carboxylic acids is 1. The first-order valence-electron chi connectivity index (χ1n) is 3.24. The van der Waals surface area contributed by atoms with Crippen molar-refractivity contribution in [3.05, 3.63) is 29.8 Å². The van der Waals surface area contributed by atoms with E-state index in [2.05, 4.69) is 0 Å². The normalized spacial score (nSPS) is 9.27. The summed E-state index contributed by atoms with van der Waals surface area (Å²) in [7, 11) is 0. The molecule has 0 bridgehead atoms. The lowest BCUT2D eigenvalue weighted by Crippen LogP contribution is -1.98. The molecule has 3 heteroatoms. The Morgan fingerprint density at radius 1 is 1.36 bits per heavy atom. The molecule has 0 spiro atoms. The van der Waals surface area contributed by atoms with E-state index in [-0.39, 0.29) is 5.78 Å². The molecule has 57 valence electrons. The number of Topliss-reactive ketones (excluding diaryl/α,β-unsaturated/α-hetero) is 1. The van der Waals surface area contributed by atoms with Crippen LogP contribution in [0.1, 0.15) is 17.3 Å². The van der Waals surface area contributed by atoms with Gasteiger partial charge in [-0.2, -0.15) is 0 Å². The zero-order valence-corrected chi connectivity index (χ0v) is 6.13. The quantitative estimate of drug-likeness (QED) is 0.514. The topological polar surface area (TPSA) is 49.0 Å². The number of nitrogens with one attached hydrogen (secondary N) is 1. The number of hydrogen-bond donors (Lipinski definition) is 1.